The first-order valence-electron chi connectivity index (χ1n) is 8.98. The summed E-state index contributed by atoms with van der Waals surface area (Å²) in [4.78, 5) is 35.8. The molecule has 1 aliphatic rings. The van der Waals surface area contributed by atoms with Gasteiger partial charge in [-0.2, -0.15) is 0 Å². The third kappa shape index (κ3) is 5.15. The number of hydrogen-bond acceptors (Lipinski definition) is 3. The van der Waals surface area contributed by atoms with Crippen LogP contribution in [-0.2, 0) is 14.4 Å². The van der Waals surface area contributed by atoms with Gasteiger partial charge in [0.1, 0.15) is 5.54 Å². The van der Waals surface area contributed by atoms with E-state index < -0.39 is 11.5 Å². The highest BCUT2D eigenvalue weighted by molar-refractivity contribution is 5.98. The average molecular weight is 355 g/mol. The normalized spacial score (nSPS) is 18.9. The van der Waals surface area contributed by atoms with E-state index in [0.29, 0.717) is 12.8 Å². The standard InChI is InChI=1S/C21H25NO4/c1-2-3-9-19(24)22-21(18(23)10-11-20(25)26)14-12-17(13-15-21)16-7-5-4-6-8-16/h4-8,12-14H,2-3,9-11,15H2,1H3,(H,22,24)(H,25,26). The number of Topliss-reactive ketones (excluding diaryl/α,β-unsaturated/α-hetero) is 1. The van der Waals surface area contributed by atoms with E-state index in [1.807, 2.05) is 49.4 Å². The van der Waals surface area contributed by atoms with Crippen LogP contribution in [0.2, 0.25) is 0 Å². The van der Waals surface area contributed by atoms with E-state index in [1.165, 1.54) is 0 Å². The van der Waals surface area contributed by atoms with Crippen LogP contribution in [-0.4, -0.2) is 28.3 Å². The molecular formula is C21H25NO4. The molecular weight excluding hydrogens is 330 g/mol. The van der Waals surface area contributed by atoms with Crippen LogP contribution in [0, 0.1) is 0 Å². The Morgan fingerprint density at radius 2 is 1.85 bits per heavy atom. The fourth-order valence-corrected chi connectivity index (χ4v) is 2.95. The molecule has 0 saturated carbocycles. The Morgan fingerprint density at radius 1 is 1.12 bits per heavy atom. The minimum Gasteiger partial charge on any atom is -0.481 e. The van der Waals surface area contributed by atoms with E-state index in [2.05, 4.69) is 5.32 Å². The molecule has 138 valence electrons. The summed E-state index contributed by atoms with van der Waals surface area (Å²) in [7, 11) is 0. The number of carboxylic acids is 1. The molecule has 5 heteroatoms. The van der Waals surface area contributed by atoms with Gasteiger partial charge in [0.15, 0.2) is 5.78 Å². The number of benzene rings is 1. The first-order chi connectivity index (χ1) is 12.5. The van der Waals surface area contributed by atoms with Gasteiger partial charge >= 0.3 is 5.97 Å². The van der Waals surface area contributed by atoms with Crippen molar-refractivity contribution in [1.82, 2.24) is 5.32 Å². The van der Waals surface area contributed by atoms with Crippen LogP contribution in [0.25, 0.3) is 5.57 Å². The summed E-state index contributed by atoms with van der Waals surface area (Å²) in [5.74, 6) is -1.48. The fourth-order valence-electron chi connectivity index (χ4n) is 2.95. The predicted molar refractivity (Wildman–Crippen MR) is 100 cm³/mol. The van der Waals surface area contributed by atoms with Crippen LogP contribution in [0.4, 0.5) is 0 Å². The summed E-state index contributed by atoms with van der Waals surface area (Å²) >= 11 is 0. The molecule has 0 aliphatic heterocycles. The molecule has 0 aromatic heterocycles. The number of nitrogens with one attached hydrogen (secondary N) is 1. The van der Waals surface area contributed by atoms with Gasteiger partial charge in [-0.05, 0) is 17.6 Å². The fraction of sp³-hybridized carbons (Fsp3) is 0.381. The Hall–Kier alpha value is -2.69. The van der Waals surface area contributed by atoms with Gasteiger partial charge in [-0.3, -0.25) is 14.4 Å². The van der Waals surface area contributed by atoms with Crippen molar-refractivity contribution in [2.45, 2.75) is 51.0 Å². The van der Waals surface area contributed by atoms with Crippen molar-refractivity contribution in [1.29, 1.82) is 0 Å². The third-order valence-electron chi connectivity index (χ3n) is 4.48. The monoisotopic (exact) mass is 355 g/mol. The largest absolute Gasteiger partial charge is 0.481 e. The minimum atomic E-state index is -1.15. The zero-order chi connectivity index (χ0) is 19.0. The van der Waals surface area contributed by atoms with Crippen molar-refractivity contribution in [3.05, 3.63) is 54.1 Å². The molecule has 0 spiro atoms. The number of ketones is 1. The van der Waals surface area contributed by atoms with Gasteiger partial charge in [-0.1, -0.05) is 61.9 Å². The SMILES string of the molecule is CCCCC(=O)NC1(C(=O)CCC(=O)O)C=CC(c2ccccc2)=CC1. The maximum atomic E-state index is 12.7. The molecule has 2 N–H and O–H groups in total. The Bertz CT molecular complexity index is 721. The zero-order valence-corrected chi connectivity index (χ0v) is 15.0. The van der Waals surface area contributed by atoms with Gasteiger partial charge in [-0.15, -0.1) is 0 Å². The molecule has 1 unspecified atom stereocenters. The van der Waals surface area contributed by atoms with Crippen molar-refractivity contribution < 1.29 is 19.5 Å². The predicted octanol–water partition coefficient (Wildman–Crippen LogP) is 3.51. The molecule has 0 heterocycles. The average Bonchev–Trinajstić information content (AvgIpc) is 2.65. The summed E-state index contributed by atoms with van der Waals surface area (Å²) in [6.45, 7) is 2.00. The lowest BCUT2D eigenvalue weighted by atomic mass is 9.81. The number of carboxylic acid groups (broad SMARTS) is 1. The molecule has 1 atom stereocenters. The van der Waals surface area contributed by atoms with Crippen LogP contribution in [0.3, 0.4) is 0 Å². The first-order valence-corrected chi connectivity index (χ1v) is 8.98. The lowest BCUT2D eigenvalue weighted by Crippen LogP contribution is -2.53. The van der Waals surface area contributed by atoms with Crippen LogP contribution in [0.1, 0.15) is 51.0 Å². The molecule has 2 rings (SSSR count). The molecule has 0 saturated heterocycles. The van der Waals surface area contributed by atoms with Gasteiger partial charge in [-0.25, -0.2) is 0 Å². The molecule has 1 amide bonds. The lowest BCUT2D eigenvalue weighted by molar-refractivity contribution is -0.139. The molecule has 0 radical (unpaired) electrons. The molecule has 26 heavy (non-hydrogen) atoms. The van der Waals surface area contributed by atoms with E-state index in [9.17, 15) is 14.4 Å². The summed E-state index contributed by atoms with van der Waals surface area (Å²) < 4.78 is 0. The van der Waals surface area contributed by atoms with E-state index in [1.54, 1.807) is 6.08 Å². The highest BCUT2D eigenvalue weighted by atomic mass is 16.4. The molecule has 5 nitrogen and oxygen atoms in total. The number of amides is 1. The van der Waals surface area contributed by atoms with Crippen LogP contribution >= 0.6 is 0 Å². The smallest absolute Gasteiger partial charge is 0.303 e. The Morgan fingerprint density at radius 3 is 2.42 bits per heavy atom. The van der Waals surface area contributed by atoms with Crippen molar-refractivity contribution in [3.8, 4) is 0 Å². The number of unbranched alkanes of at least 4 members (excludes halogenated alkanes) is 1. The van der Waals surface area contributed by atoms with Crippen LogP contribution in [0.5, 0.6) is 0 Å². The maximum absolute atomic E-state index is 12.7. The number of allylic oxidation sites excluding steroid dienone is 2. The van der Waals surface area contributed by atoms with Gasteiger partial charge in [0.2, 0.25) is 5.91 Å². The Balaban J connectivity index is 2.19. The summed E-state index contributed by atoms with van der Waals surface area (Å²) in [5.41, 5.74) is 0.862. The van der Waals surface area contributed by atoms with E-state index >= 15 is 0 Å². The van der Waals surface area contributed by atoms with Crippen molar-refractivity contribution in [3.63, 3.8) is 0 Å². The van der Waals surface area contributed by atoms with Crippen molar-refractivity contribution in [2.24, 2.45) is 0 Å². The van der Waals surface area contributed by atoms with Crippen LogP contribution < -0.4 is 5.32 Å². The maximum Gasteiger partial charge on any atom is 0.303 e. The van der Waals surface area contributed by atoms with Gasteiger partial charge < -0.3 is 10.4 Å². The van der Waals surface area contributed by atoms with Crippen molar-refractivity contribution in [2.75, 3.05) is 0 Å². The van der Waals surface area contributed by atoms with Crippen LogP contribution in [0.15, 0.2) is 48.6 Å². The topological polar surface area (TPSA) is 83.5 Å². The van der Waals surface area contributed by atoms with E-state index in [4.69, 9.17) is 5.11 Å². The first kappa shape index (κ1) is 19.6. The second-order valence-electron chi connectivity index (χ2n) is 6.50. The highest BCUT2D eigenvalue weighted by Crippen LogP contribution is 2.29. The quantitative estimate of drug-likeness (QED) is 0.710. The molecule has 1 aromatic carbocycles. The van der Waals surface area contributed by atoms with E-state index in [0.717, 1.165) is 24.0 Å². The highest BCUT2D eigenvalue weighted by Gasteiger charge is 2.37. The number of aliphatic carboxylic acids is 1. The van der Waals surface area contributed by atoms with Gasteiger partial charge in [0.05, 0.1) is 6.42 Å². The summed E-state index contributed by atoms with van der Waals surface area (Å²) in [5, 5.41) is 11.7. The summed E-state index contributed by atoms with van der Waals surface area (Å²) in [6, 6.07) is 9.78. The van der Waals surface area contributed by atoms with Crippen molar-refractivity contribution >= 4 is 23.2 Å². The second kappa shape index (κ2) is 9.13. The lowest BCUT2D eigenvalue weighted by Gasteiger charge is -2.32. The number of carbonyl (C=O) groups is 3. The minimum absolute atomic E-state index is 0.109. The number of hydrogen-bond donors (Lipinski definition) is 2. The van der Waals surface area contributed by atoms with E-state index in [-0.39, 0.29) is 24.5 Å². The summed E-state index contributed by atoms with van der Waals surface area (Å²) in [6.07, 6.45) is 7.44. The second-order valence-corrected chi connectivity index (χ2v) is 6.50. The molecule has 0 bridgehead atoms. The Kier molecular flexibility index (Phi) is 6.89. The van der Waals surface area contributed by atoms with Gasteiger partial charge in [0, 0.05) is 19.3 Å². The molecule has 0 fully saturated rings. The number of carbonyl (C=O) groups excluding carboxylic acids is 2. The zero-order valence-electron chi connectivity index (χ0n) is 15.0. The van der Waals surface area contributed by atoms with Gasteiger partial charge in [0.25, 0.3) is 0 Å². The molecule has 1 aromatic rings. The molecule has 1 aliphatic carbocycles. The number of rotatable bonds is 9. The Labute approximate surface area is 153 Å². The third-order valence-corrected chi connectivity index (χ3v) is 4.48.